The van der Waals surface area contributed by atoms with E-state index in [0.29, 0.717) is 13.1 Å². The molecule has 0 bridgehead atoms. The van der Waals surface area contributed by atoms with Gasteiger partial charge in [0.15, 0.2) is 0 Å². The third-order valence-corrected chi connectivity index (χ3v) is 4.31. The standard InChI is InChI=1S/C15H20F3N3O2/c1-10-4-2-7-21(12(10)8-19)13(22)9-20-6-3-5-11(14(20)23)15(16,17)18/h3,5-6,10,12H,2,4,7-9,19H2,1H3. The number of halogens is 3. The molecule has 1 saturated heterocycles. The number of pyridine rings is 1. The Morgan fingerprint density at radius 1 is 1.43 bits per heavy atom. The second kappa shape index (κ2) is 6.74. The summed E-state index contributed by atoms with van der Waals surface area (Å²) >= 11 is 0. The van der Waals surface area contributed by atoms with E-state index in [0.717, 1.165) is 29.5 Å². The predicted molar refractivity (Wildman–Crippen MR) is 78.7 cm³/mol. The molecule has 2 rings (SSSR count). The van der Waals surface area contributed by atoms with E-state index in [-0.39, 0.29) is 17.9 Å². The Morgan fingerprint density at radius 2 is 2.13 bits per heavy atom. The SMILES string of the molecule is CC1CCCN(C(=O)Cn2cccc(C(F)(F)F)c2=O)C1CN. The number of nitrogens with two attached hydrogens (primary N) is 1. The van der Waals surface area contributed by atoms with Gasteiger partial charge in [-0.15, -0.1) is 0 Å². The first kappa shape index (κ1) is 17.5. The van der Waals surface area contributed by atoms with Crippen molar-refractivity contribution in [3.63, 3.8) is 0 Å². The summed E-state index contributed by atoms with van der Waals surface area (Å²) in [5, 5.41) is 0. The van der Waals surface area contributed by atoms with E-state index >= 15 is 0 Å². The van der Waals surface area contributed by atoms with Gasteiger partial charge in [0.1, 0.15) is 12.1 Å². The highest BCUT2D eigenvalue weighted by atomic mass is 19.4. The van der Waals surface area contributed by atoms with Crippen LogP contribution in [0.3, 0.4) is 0 Å². The van der Waals surface area contributed by atoms with Crippen molar-refractivity contribution in [3.05, 3.63) is 34.2 Å². The van der Waals surface area contributed by atoms with E-state index in [1.165, 1.54) is 6.20 Å². The Labute approximate surface area is 131 Å². The van der Waals surface area contributed by atoms with Crippen LogP contribution in [0, 0.1) is 5.92 Å². The lowest BCUT2D eigenvalue weighted by Gasteiger charge is -2.39. The van der Waals surface area contributed by atoms with Crippen molar-refractivity contribution < 1.29 is 18.0 Å². The van der Waals surface area contributed by atoms with Gasteiger partial charge in [-0.2, -0.15) is 13.2 Å². The molecule has 1 aliphatic heterocycles. The summed E-state index contributed by atoms with van der Waals surface area (Å²) in [6.45, 7) is 2.39. The first-order valence-electron chi connectivity index (χ1n) is 7.52. The van der Waals surface area contributed by atoms with Gasteiger partial charge in [-0.3, -0.25) is 9.59 Å². The zero-order valence-corrected chi connectivity index (χ0v) is 12.8. The van der Waals surface area contributed by atoms with Crippen molar-refractivity contribution in [2.24, 2.45) is 11.7 Å². The van der Waals surface area contributed by atoms with Crippen LogP contribution in [0.4, 0.5) is 13.2 Å². The summed E-state index contributed by atoms with van der Waals surface area (Å²) in [5.41, 5.74) is 3.24. The van der Waals surface area contributed by atoms with Crippen molar-refractivity contribution in [1.29, 1.82) is 0 Å². The van der Waals surface area contributed by atoms with Crippen LogP contribution in [0.25, 0.3) is 0 Å². The molecule has 2 heterocycles. The molecule has 0 aliphatic carbocycles. The van der Waals surface area contributed by atoms with Crippen LogP contribution in [0.2, 0.25) is 0 Å². The lowest BCUT2D eigenvalue weighted by molar-refractivity contribution is -0.140. The third-order valence-electron chi connectivity index (χ3n) is 4.31. The molecule has 1 aromatic rings. The monoisotopic (exact) mass is 331 g/mol. The molecule has 2 atom stereocenters. The van der Waals surface area contributed by atoms with E-state index in [1.54, 1.807) is 4.90 Å². The van der Waals surface area contributed by atoms with Gasteiger partial charge in [0.05, 0.1) is 0 Å². The summed E-state index contributed by atoms with van der Waals surface area (Å²) in [6.07, 6.45) is -1.76. The van der Waals surface area contributed by atoms with Crippen LogP contribution in [-0.4, -0.2) is 34.5 Å². The minimum absolute atomic E-state index is 0.141. The van der Waals surface area contributed by atoms with Gasteiger partial charge in [0.2, 0.25) is 5.91 Å². The number of rotatable bonds is 3. The first-order valence-corrected chi connectivity index (χ1v) is 7.52. The Hall–Kier alpha value is -1.83. The minimum atomic E-state index is -4.73. The van der Waals surface area contributed by atoms with Gasteiger partial charge in [-0.25, -0.2) is 0 Å². The highest BCUT2D eigenvalue weighted by Gasteiger charge is 2.35. The molecule has 8 heteroatoms. The Balaban J connectivity index is 2.22. The zero-order valence-electron chi connectivity index (χ0n) is 12.8. The zero-order chi connectivity index (χ0) is 17.2. The predicted octanol–water partition coefficient (Wildman–Crippen LogP) is 1.45. The fourth-order valence-electron chi connectivity index (χ4n) is 3.03. The molecule has 2 N–H and O–H groups in total. The van der Waals surface area contributed by atoms with Crippen molar-refractivity contribution in [1.82, 2.24) is 9.47 Å². The molecular formula is C15H20F3N3O2. The number of likely N-dealkylation sites (tertiary alicyclic amines) is 1. The number of alkyl halides is 3. The van der Waals surface area contributed by atoms with E-state index in [4.69, 9.17) is 5.73 Å². The third kappa shape index (κ3) is 3.74. The fraction of sp³-hybridized carbons (Fsp3) is 0.600. The van der Waals surface area contributed by atoms with Gasteiger partial charge < -0.3 is 15.2 Å². The van der Waals surface area contributed by atoms with Crippen molar-refractivity contribution in [2.75, 3.05) is 13.1 Å². The van der Waals surface area contributed by atoms with Gasteiger partial charge >= 0.3 is 6.18 Å². The van der Waals surface area contributed by atoms with E-state index in [9.17, 15) is 22.8 Å². The Bertz CT molecular complexity index is 627. The molecule has 23 heavy (non-hydrogen) atoms. The van der Waals surface area contributed by atoms with Crippen LogP contribution in [0.5, 0.6) is 0 Å². The van der Waals surface area contributed by atoms with Gasteiger partial charge in [-0.1, -0.05) is 6.92 Å². The molecule has 0 aromatic carbocycles. The fourth-order valence-corrected chi connectivity index (χ4v) is 3.03. The van der Waals surface area contributed by atoms with Gasteiger partial charge in [0.25, 0.3) is 5.56 Å². The molecule has 2 unspecified atom stereocenters. The Morgan fingerprint density at radius 3 is 2.74 bits per heavy atom. The van der Waals surface area contributed by atoms with E-state index < -0.39 is 23.8 Å². The lowest BCUT2D eigenvalue weighted by atomic mass is 9.91. The molecule has 0 saturated carbocycles. The largest absolute Gasteiger partial charge is 0.421 e. The quantitative estimate of drug-likeness (QED) is 0.911. The summed E-state index contributed by atoms with van der Waals surface area (Å²) in [5.74, 6) is -0.149. The first-order chi connectivity index (χ1) is 10.8. The normalized spacial score (nSPS) is 22.2. The van der Waals surface area contributed by atoms with Crippen LogP contribution in [-0.2, 0) is 17.5 Å². The minimum Gasteiger partial charge on any atom is -0.337 e. The smallest absolute Gasteiger partial charge is 0.337 e. The van der Waals surface area contributed by atoms with Gasteiger partial charge in [0, 0.05) is 25.3 Å². The molecule has 1 fully saturated rings. The average Bonchev–Trinajstić information content (AvgIpc) is 2.47. The molecular weight excluding hydrogens is 311 g/mol. The van der Waals surface area contributed by atoms with Gasteiger partial charge in [-0.05, 0) is 30.9 Å². The second-order valence-corrected chi connectivity index (χ2v) is 5.86. The maximum absolute atomic E-state index is 12.8. The van der Waals surface area contributed by atoms with Crippen LogP contribution in [0.15, 0.2) is 23.1 Å². The summed E-state index contributed by atoms with van der Waals surface area (Å²) in [7, 11) is 0. The number of amides is 1. The summed E-state index contributed by atoms with van der Waals surface area (Å²) in [6, 6.07) is 1.70. The Kier molecular flexibility index (Phi) is 5.13. The van der Waals surface area contributed by atoms with Crippen LogP contribution < -0.4 is 11.3 Å². The molecule has 128 valence electrons. The van der Waals surface area contributed by atoms with E-state index in [1.807, 2.05) is 6.92 Å². The molecule has 1 aliphatic rings. The van der Waals surface area contributed by atoms with Crippen LogP contribution in [0.1, 0.15) is 25.3 Å². The van der Waals surface area contributed by atoms with Crippen molar-refractivity contribution in [2.45, 2.75) is 38.5 Å². The summed E-state index contributed by atoms with van der Waals surface area (Å²) < 4.78 is 39.1. The molecule has 0 spiro atoms. The number of hydrogen-bond donors (Lipinski definition) is 1. The number of aromatic nitrogens is 1. The number of carbonyl (C=O) groups is 1. The molecule has 5 nitrogen and oxygen atoms in total. The maximum Gasteiger partial charge on any atom is 0.421 e. The van der Waals surface area contributed by atoms with Crippen molar-refractivity contribution >= 4 is 5.91 Å². The molecule has 1 aromatic heterocycles. The van der Waals surface area contributed by atoms with E-state index in [2.05, 4.69) is 0 Å². The number of piperidine rings is 1. The maximum atomic E-state index is 12.8. The summed E-state index contributed by atoms with van der Waals surface area (Å²) in [4.78, 5) is 25.9. The molecule has 1 amide bonds. The highest BCUT2D eigenvalue weighted by Crippen LogP contribution is 2.26. The second-order valence-electron chi connectivity index (χ2n) is 5.86. The highest BCUT2D eigenvalue weighted by molar-refractivity contribution is 5.76. The topological polar surface area (TPSA) is 68.3 Å². The molecule has 0 radical (unpaired) electrons. The number of carbonyl (C=O) groups excluding carboxylic acids is 1. The average molecular weight is 331 g/mol. The number of nitrogens with zero attached hydrogens (tertiary/aromatic N) is 2. The number of hydrogen-bond acceptors (Lipinski definition) is 3. The van der Waals surface area contributed by atoms with Crippen molar-refractivity contribution in [3.8, 4) is 0 Å². The lowest BCUT2D eigenvalue weighted by Crippen LogP contribution is -2.52. The van der Waals surface area contributed by atoms with Crippen LogP contribution >= 0.6 is 0 Å².